The Hall–Kier alpha value is -2.19. The molecule has 138 valence electrons. The van der Waals surface area contributed by atoms with Gasteiger partial charge in [0.2, 0.25) is 5.91 Å². The number of fused-ring (bicyclic) bond motifs is 2. The molecule has 0 fully saturated rings. The SMILES string of the molecule is CNC(=O)c1cc2c(s1)CCN(C(=O)CCc1cc3n(n1)CCNC3)C2. The average molecular weight is 373 g/mol. The van der Waals surface area contributed by atoms with Crippen LogP contribution < -0.4 is 10.6 Å². The molecule has 2 N–H and O–H groups in total. The molecule has 2 aliphatic heterocycles. The van der Waals surface area contributed by atoms with Crippen LogP contribution in [0.4, 0.5) is 0 Å². The number of rotatable bonds is 4. The van der Waals surface area contributed by atoms with Crippen LogP contribution in [-0.2, 0) is 37.3 Å². The predicted molar refractivity (Wildman–Crippen MR) is 99.1 cm³/mol. The Labute approximate surface area is 156 Å². The van der Waals surface area contributed by atoms with Gasteiger partial charge >= 0.3 is 0 Å². The number of hydrogen-bond acceptors (Lipinski definition) is 5. The van der Waals surface area contributed by atoms with E-state index in [1.54, 1.807) is 7.05 Å². The van der Waals surface area contributed by atoms with Gasteiger partial charge in [0.05, 0.1) is 22.8 Å². The first kappa shape index (κ1) is 17.2. The Bertz CT molecular complexity index is 817. The first-order valence-electron chi connectivity index (χ1n) is 9.02. The van der Waals surface area contributed by atoms with Crippen molar-refractivity contribution in [2.24, 2.45) is 0 Å². The molecule has 4 heterocycles. The topological polar surface area (TPSA) is 79.3 Å². The minimum absolute atomic E-state index is 0.0551. The maximum atomic E-state index is 12.6. The van der Waals surface area contributed by atoms with Gasteiger partial charge in [-0.15, -0.1) is 11.3 Å². The average Bonchev–Trinajstić information content (AvgIpc) is 3.28. The van der Waals surface area contributed by atoms with Crippen LogP contribution in [-0.4, -0.2) is 46.6 Å². The summed E-state index contributed by atoms with van der Waals surface area (Å²) >= 11 is 1.54. The van der Waals surface area contributed by atoms with Gasteiger partial charge in [0, 0.05) is 50.9 Å². The fraction of sp³-hybridized carbons (Fsp3) is 0.500. The summed E-state index contributed by atoms with van der Waals surface area (Å²) in [4.78, 5) is 28.3. The Balaban J connectivity index is 1.36. The molecule has 4 rings (SSSR count). The van der Waals surface area contributed by atoms with E-state index in [9.17, 15) is 9.59 Å². The Morgan fingerprint density at radius 2 is 2.23 bits per heavy atom. The molecule has 0 aliphatic carbocycles. The molecule has 0 bridgehead atoms. The van der Waals surface area contributed by atoms with E-state index < -0.39 is 0 Å². The smallest absolute Gasteiger partial charge is 0.261 e. The van der Waals surface area contributed by atoms with Crippen LogP contribution in [0.1, 0.15) is 37.9 Å². The van der Waals surface area contributed by atoms with E-state index in [4.69, 9.17) is 0 Å². The van der Waals surface area contributed by atoms with Gasteiger partial charge in [-0.25, -0.2) is 0 Å². The van der Waals surface area contributed by atoms with E-state index in [0.717, 1.165) is 48.7 Å². The highest BCUT2D eigenvalue weighted by molar-refractivity contribution is 7.14. The van der Waals surface area contributed by atoms with Crippen LogP contribution in [0.25, 0.3) is 0 Å². The van der Waals surface area contributed by atoms with Crippen molar-refractivity contribution in [3.8, 4) is 0 Å². The summed E-state index contributed by atoms with van der Waals surface area (Å²) in [5.41, 5.74) is 3.30. The maximum Gasteiger partial charge on any atom is 0.261 e. The Morgan fingerprint density at radius 3 is 3.04 bits per heavy atom. The van der Waals surface area contributed by atoms with Crippen LogP contribution in [0.15, 0.2) is 12.1 Å². The van der Waals surface area contributed by atoms with Gasteiger partial charge in [0.1, 0.15) is 0 Å². The van der Waals surface area contributed by atoms with Crippen molar-refractivity contribution in [3.63, 3.8) is 0 Å². The number of thiophene rings is 1. The number of nitrogens with one attached hydrogen (secondary N) is 2. The predicted octanol–water partition coefficient (Wildman–Crippen LogP) is 0.925. The van der Waals surface area contributed by atoms with Crippen molar-refractivity contribution >= 4 is 23.2 Å². The molecular weight excluding hydrogens is 350 g/mol. The van der Waals surface area contributed by atoms with Gasteiger partial charge in [-0.2, -0.15) is 5.10 Å². The maximum absolute atomic E-state index is 12.6. The molecule has 26 heavy (non-hydrogen) atoms. The lowest BCUT2D eigenvalue weighted by Crippen LogP contribution is -2.35. The third kappa shape index (κ3) is 3.39. The molecule has 2 aromatic rings. The zero-order valence-electron chi connectivity index (χ0n) is 14.9. The van der Waals surface area contributed by atoms with Crippen LogP contribution in [0.3, 0.4) is 0 Å². The molecule has 0 saturated carbocycles. The number of aryl methyl sites for hydroxylation is 1. The van der Waals surface area contributed by atoms with E-state index in [1.807, 2.05) is 15.6 Å². The van der Waals surface area contributed by atoms with Gasteiger partial charge in [-0.05, 0) is 24.1 Å². The highest BCUT2D eigenvalue weighted by Crippen LogP contribution is 2.28. The number of carbonyl (C=O) groups is 2. The van der Waals surface area contributed by atoms with Gasteiger partial charge in [0.15, 0.2) is 0 Å². The molecule has 2 aliphatic rings. The van der Waals surface area contributed by atoms with Crippen LogP contribution in [0, 0.1) is 0 Å². The summed E-state index contributed by atoms with van der Waals surface area (Å²) in [6.45, 7) is 4.02. The molecule has 0 spiro atoms. The largest absolute Gasteiger partial charge is 0.354 e. The first-order chi connectivity index (χ1) is 12.6. The zero-order chi connectivity index (χ0) is 18.1. The number of aromatic nitrogens is 2. The fourth-order valence-electron chi connectivity index (χ4n) is 3.55. The normalized spacial score (nSPS) is 16.1. The van der Waals surface area contributed by atoms with E-state index in [-0.39, 0.29) is 11.8 Å². The van der Waals surface area contributed by atoms with Gasteiger partial charge in [-0.3, -0.25) is 14.3 Å². The van der Waals surface area contributed by atoms with Gasteiger partial charge in [-0.1, -0.05) is 0 Å². The van der Waals surface area contributed by atoms with Crippen molar-refractivity contribution in [3.05, 3.63) is 38.8 Å². The minimum atomic E-state index is -0.0551. The molecule has 0 aromatic carbocycles. The van der Waals surface area contributed by atoms with Crippen molar-refractivity contribution < 1.29 is 9.59 Å². The number of carbonyl (C=O) groups excluding carboxylic acids is 2. The summed E-state index contributed by atoms with van der Waals surface area (Å²) in [6.07, 6.45) is 1.98. The Morgan fingerprint density at radius 1 is 1.35 bits per heavy atom. The fourth-order valence-corrected chi connectivity index (χ4v) is 4.66. The van der Waals surface area contributed by atoms with Crippen LogP contribution >= 0.6 is 11.3 Å². The lowest BCUT2D eigenvalue weighted by molar-refractivity contribution is -0.132. The van der Waals surface area contributed by atoms with Gasteiger partial charge < -0.3 is 15.5 Å². The number of nitrogens with zero attached hydrogens (tertiary/aromatic N) is 3. The second kappa shape index (κ2) is 7.20. The molecule has 2 amide bonds. The summed E-state index contributed by atoms with van der Waals surface area (Å²) in [6, 6.07) is 4.02. The van der Waals surface area contributed by atoms with E-state index in [1.165, 1.54) is 21.9 Å². The zero-order valence-corrected chi connectivity index (χ0v) is 15.7. The molecule has 2 aromatic heterocycles. The Kier molecular flexibility index (Phi) is 4.78. The van der Waals surface area contributed by atoms with Crippen molar-refractivity contribution in [2.45, 2.75) is 38.9 Å². The molecule has 7 nitrogen and oxygen atoms in total. The van der Waals surface area contributed by atoms with Crippen LogP contribution in [0.2, 0.25) is 0 Å². The molecule has 0 atom stereocenters. The van der Waals surface area contributed by atoms with Crippen molar-refractivity contribution in [1.82, 2.24) is 25.3 Å². The van der Waals surface area contributed by atoms with Crippen molar-refractivity contribution in [1.29, 1.82) is 0 Å². The molecular formula is C18H23N5O2S. The lowest BCUT2D eigenvalue weighted by Gasteiger charge is -2.27. The lowest BCUT2D eigenvalue weighted by atomic mass is 10.1. The standard InChI is InChI=1S/C18H23N5O2S/c1-19-18(25)16-8-12-11-22(6-4-15(12)26-16)17(24)3-2-13-9-14-10-20-5-7-23(14)21-13/h8-9,20H,2-7,10-11H2,1H3,(H,19,25). The van der Waals surface area contributed by atoms with E-state index in [0.29, 0.717) is 19.4 Å². The molecule has 8 heteroatoms. The molecule has 0 unspecified atom stereocenters. The molecule has 0 saturated heterocycles. The third-order valence-electron chi connectivity index (χ3n) is 4.99. The third-order valence-corrected chi connectivity index (χ3v) is 6.22. The summed E-state index contributed by atoms with van der Waals surface area (Å²) in [5, 5.41) is 10.6. The first-order valence-corrected chi connectivity index (χ1v) is 9.83. The minimum Gasteiger partial charge on any atom is -0.354 e. The highest BCUT2D eigenvalue weighted by Gasteiger charge is 2.24. The summed E-state index contributed by atoms with van der Waals surface area (Å²) in [5.74, 6) is 0.105. The summed E-state index contributed by atoms with van der Waals surface area (Å²) < 4.78 is 2.04. The highest BCUT2D eigenvalue weighted by atomic mass is 32.1. The quantitative estimate of drug-likeness (QED) is 0.836. The van der Waals surface area contributed by atoms with Crippen LogP contribution in [0.5, 0.6) is 0 Å². The van der Waals surface area contributed by atoms with E-state index in [2.05, 4.69) is 21.8 Å². The number of hydrogen-bond donors (Lipinski definition) is 2. The van der Waals surface area contributed by atoms with Gasteiger partial charge in [0.25, 0.3) is 5.91 Å². The second-order valence-electron chi connectivity index (χ2n) is 6.73. The van der Waals surface area contributed by atoms with E-state index >= 15 is 0 Å². The number of amides is 2. The summed E-state index contributed by atoms with van der Waals surface area (Å²) in [7, 11) is 1.64. The molecule has 0 radical (unpaired) electrons. The monoisotopic (exact) mass is 373 g/mol. The second-order valence-corrected chi connectivity index (χ2v) is 7.87. The van der Waals surface area contributed by atoms with Crippen molar-refractivity contribution in [2.75, 3.05) is 20.1 Å².